The predicted molar refractivity (Wildman–Crippen MR) is 66.1 cm³/mol. The van der Waals surface area contributed by atoms with Crippen LogP contribution in [0.2, 0.25) is 0 Å². The van der Waals surface area contributed by atoms with Crippen LogP contribution in [0.1, 0.15) is 16.1 Å². The number of hydrogen-bond donors (Lipinski definition) is 1. The lowest BCUT2D eigenvalue weighted by molar-refractivity contribution is 0.102. The van der Waals surface area contributed by atoms with Crippen LogP contribution in [0.3, 0.4) is 0 Å². The van der Waals surface area contributed by atoms with E-state index in [2.05, 4.69) is 10.3 Å². The third-order valence-corrected chi connectivity index (χ3v) is 2.93. The molecule has 0 atom stereocenters. The maximum Gasteiger partial charge on any atom is 0.275 e. The fourth-order valence-corrected chi connectivity index (χ4v) is 1.91. The SMILES string of the molecule is O=C(Nc1ccc(CCl)cc1)c1cscn1. The summed E-state index contributed by atoms with van der Waals surface area (Å²) in [4.78, 5) is 15.6. The maximum atomic E-state index is 11.6. The van der Waals surface area contributed by atoms with E-state index in [9.17, 15) is 4.79 Å². The molecule has 0 radical (unpaired) electrons. The molecular weight excluding hydrogens is 244 g/mol. The first kappa shape index (κ1) is 11.1. The Balaban J connectivity index is 2.06. The van der Waals surface area contributed by atoms with Gasteiger partial charge in [-0.15, -0.1) is 22.9 Å². The largest absolute Gasteiger partial charge is 0.321 e. The number of rotatable bonds is 3. The molecule has 5 heteroatoms. The predicted octanol–water partition coefficient (Wildman–Crippen LogP) is 3.13. The van der Waals surface area contributed by atoms with Gasteiger partial charge in [0.2, 0.25) is 0 Å². The Bertz CT molecular complexity index is 467. The maximum absolute atomic E-state index is 11.6. The summed E-state index contributed by atoms with van der Waals surface area (Å²) in [6, 6.07) is 7.40. The summed E-state index contributed by atoms with van der Waals surface area (Å²) in [5.74, 6) is 0.278. The Morgan fingerprint density at radius 1 is 1.38 bits per heavy atom. The summed E-state index contributed by atoms with van der Waals surface area (Å²) in [7, 11) is 0. The molecular formula is C11H9ClN2OS. The molecule has 0 bridgehead atoms. The molecule has 0 unspecified atom stereocenters. The summed E-state index contributed by atoms with van der Waals surface area (Å²) < 4.78 is 0. The number of aromatic nitrogens is 1. The second-order valence-electron chi connectivity index (χ2n) is 3.16. The Kier molecular flexibility index (Phi) is 3.54. The van der Waals surface area contributed by atoms with Crippen LogP contribution in [0, 0.1) is 0 Å². The molecule has 0 fully saturated rings. The molecule has 1 heterocycles. The first-order valence-corrected chi connectivity index (χ1v) is 6.12. The van der Waals surface area contributed by atoms with Crippen molar-refractivity contribution in [2.45, 2.75) is 5.88 Å². The van der Waals surface area contributed by atoms with Crippen LogP contribution < -0.4 is 5.32 Å². The first-order valence-electron chi connectivity index (χ1n) is 4.64. The fourth-order valence-electron chi connectivity index (χ4n) is 1.20. The average Bonchev–Trinajstić information content (AvgIpc) is 2.83. The fraction of sp³-hybridized carbons (Fsp3) is 0.0909. The van der Waals surface area contributed by atoms with Crippen LogP contribution in [0.25, 0.3) is 0 Å². The lowest BCUT2D eigenvalue weighted by atomic mass is 10.2. The summed E-state index contributed by atoms with van der Waals surface area (Å²) >= 11 is 7.07. The van der Waals surface area contributed by atoms with Crippen molar-refractivity contribution in [3.05, 3.63) is 46.4 Å². The summed E-state index contributed by atoms with van der Waals surface area (Å²) in [5.41, 5.74) is 3.83. The molecule has 0 aliphatic heterocycles. The molecule has 1 aromatic carbocycles. The van der Waals surface area contributed by atoms with Crippen molar-refractivity contribution < 1.29 is 4.79 Å². The zero-order valence-electron chi connectivity index (χ0n) is 8.31. The highest BCUT2D eigenvalue weighted by Crippen LogP contribution is 2.12. The van der Waals surface area contributed by atoms with E-state index in [1.807, 2.05) is 24.3 Å². The van der Waals surface area contributed by atoms with Gasteiger partial charge in [0, 0.05) is 16.9 Å². The minimum Gasteiger partial charge on any atom is -0.321 e. The molecule has 0 aliphatic rings. The summed E-state index contributed by atoms with van der Waals surface area (Å²) in [6.45, 7) is 0. The van der Waals surface area contributed by atoms with Gasteiger partial charge in [0.1, 0.15) is 5.69 Å². The number of halogens is 1. The van der Waals surface area contributed by atoms with Crippen LogP contribution in [-0.4, -0.2) is 10.9 Å². The van der Waals surface area contributed by atoms with Gasteiger partial charge < -0.3 is 5.32 Å². The molecule has 1 amide bonds. The Morgan fingerprint density at radius 2 is 2.12 bits per heavy atom. The number of anilines is 1. The van der Waals surface area contributed by atoms with Crippen LogP contribution in [-0.2, 0) is 5.88 Å². The van der Waals surface area contributed by atoms with E-state index in [0.29, 0.717) is 11.6 Å². The number of nitrogens with one attached hydrogen (secondary N) is 1. The van der Waals surface area contributed by atoms with E-state index < -0.39 is 0 Å². The number of hydrogen-bond acceptors (Lipinski definition) is 3. The minimum atomic E-state index is -0.195. The molecule has 3 nitrogen and oxygen atoms in total. The average molecular weight is 253 g/mol. The third-order valence-electron chi connectivity index (χ3n) is 2.03. The number of nitrogens with zero attached hydrogens (tertiary/aromatic N) is 1. The number of carbonyl (C=O) groups is 1. The monoisotopic (exact) mass is 252 g/mol. The molecule has 1 aromatic heterocycles. The van der Waals surface area contributed by atoms with Crippen molar-refractivity contribution in [3.8, 4) is 0 Å². The van der Waals surface area contributed by atoms with E-state index in [1.165, 1.54) is 11.3 Å². The van der Waals surface area contributed by atoms with E-state index in [1.54, 1.807) is 10.9 Å². The van der Waals surface area contributed by atoms with Crippen molar-refractivity contribution in [2.75, 3.05) is 5.32 Å². The molecule has 16 heavy (non-hydrogen) atoms. The van der Waals surface area contributed by atoms with Gasteiger partial charge in [-0.3, -0.25) is 4.79 Å². The van der Waals surface area contributed by atoms with Gasteiger partial charge in [-0.25, -0.2) is 4.98 Å². The van der Waals surface area contributed by atoms with Crippen LogP contribution in [0.15, 0.2) is 35.2 Å². The molecule has 2 rings (SSSR count). The standard InChI is InChI=1S/C11H9ClN2OS/c12-5-8-1-3-9(4-2-8)14-11(15)10-6-16-7-13-10/h1-4,6-7H,5H2,(H,14,15). The highest BCUT2D eigenvalue weighted by Gasteiger charge is 2.07. The van der Waals surface area contributed by atoms with E-state index >= 15 is 0 Å². The lowest BCUT2D eigenvalue weighted by Gasteiger charge is -2.03. The molecule has 2 aromatic rings. The smallest absolute Gasteiger partial charge is 0.275 e. The van der Waals surface area contributed by atoms with Crippen LogP contribution in [0.4, 0.5) is 5.69 Å². The van der Waals surface area contributed by atoms with Gasteiger partial charge >= 0.3 is 0 Å². The van der Waals surface area contributed by atoms with Gasteiger partial charge in [0.05, 0.1) is 5.51 Å². The lowest BCUT2D eigenvalue weighted by Crippen LogP contribution is -2.11. The first-order chi connectivity index (χ1) is 7.79. The van der Waals surface area contributed by atoms with E-state index in [0.717, 1.165) is 11.3 Å². The molecule has 0 saturated carbocycles. The van der Waals surface area contributed by atoms with Crippen molar-refractivity contribution in [1.82, 2.24) is 4.98 Å². The number of alkyl halides is 1. The van der Waals surface area contributed by atoms with Gasteiger partial charge in [-0.05, 0) is 17.7 Å². The highest BCUT2D eigenvalue weighted by atomic mass is 35.5. The van der Waals surface area contributed by atoms with Crippen LogP contribution >= 0.6 is 22.9 Å². The zero-order chi connectivity index (χ0) is 11.4. The van der Waals surface area contributed by atoms with E-state index in [-0.39, 0.29) is 5.91 Å². The topological polar surface area (TPSA) is 42.0 Å². The van der Waals surface area contributed by atoms with Crippen molar-refractivity contribution in [2.24, 2.45) is 0 Å². The summed E-state index contributed by atoms with van der Waals surface area (Å²) in [6.07, 6.45) is 0. The number of amides is 1. The van der Waals surface area contributed by atoms with Crippen molar-refractivity contribution in [3.63, 3.8) is 0 Å². The second kappa shape index (κ2) is 5.09. The molecule has 1 N–H and O–H groups in total. The third kappa shape index (κ3) is 2.59. The van der Waals surface area contributed by atoms with E-state index in [4.69, 9.17) is 11.6 Å². The van der Waals surface area contributed by atoms with Crippen molar-refractivity contribution >= 4 is 34.5 Å². The highest BCUT2D eigenvalue weighted by molar-refractivity contribution is 7.07. The zero-order valence-corrected chi connectivity index (χ0v) is 9.89. The second-order valence-corrected chi connectivity index (χ2v) is 4.14. The molecule has 0 aliphatic carbocycles. The van der Waals surface area contributed by atoms with Gasteiger partial charge in [-0.2, -0.15) is 0 Å². The minimum absolute atomic E-state index is 0.195. The van der Waals surface area contributed by atoms with Crippen molar-refractivity contribution in [1.29, 1.82) is 0 Å². The Hall–Kier alpha value is -1.39. The molecule has 82 valence electrons. The number of benzene rings is 1. The summed E-state index contributed by atoms with van der Waals surface area (Å²) in [5, 5.41) is 4.47. The van der Waals surface area contributed by atoms with Gasteiger partial charge in [0.15, 0.2) is 0 Å². The Labute approximate surface area is 102 Å². The quantitative estimate of drug-likeness (QED) is 0.853. The number of thiazole rings is 1. The normalized spacial score (nSPS) is 10.1. The number of carbonyl (C=O) groups excluding carboxylic acids is 1. The molecule has 0 saturated heterocycles. The van der Waals surface area contributed by atoms with Gasteiger partial charge in [0.25, 0.3) is 5.91 Å². The Morgan fingerprint density at radius 3 is 2.69 bits per heavy atom. The molecule has 0 spiro atoms. The van der Waals surface area contributed by atoms with Gasteiger partial charge in [-0.1, -0.05) is 12.1 Å². The van der Waals surface area contributed by atoms with Crippen LogP contribution in [0.5, 0.6) is 0 Å².